The molecule has 1 unspecified atom stereocenters. The van der Waals surface area contributed by atoms with Crippen molar-refractivity contribution in [3.8, 4) is 11.1 Å². The average molecular weight is 363 g/mol. The molecule has 1 aliphatic rings. The maximum Gasteiger partial charge on any atom is 0.338 e. The number of carbonyl (C=O) groups excluding carboxylic acids is 3. The zero-order valence-corrected chi connectivity index (χ0v) is 14.7. The van der Waals surface area contributed by atoms with Gasteiger partial charge in [-0.3, -0.25) is 14.9 Å². The number of piperidine rings is 1. The minimum absolute atomic E-state index is 0.253. The van der Waals surface area contributed by atoms with Crippen LogP contribution in [-0.2, 0) is 14.3 Å². The number of carbonyl (C=O) groups is 3. The molecule has 1 atom stereocenters. The molecule has 6 nitrogen and oxygen atoms in total. The van der Waals surface area contributed by atoms with Crippen LogP contribution >= 0.6 is 0 Å². The lowest BCUT2D eigenvalue weighted by Gasteiger charge is -2.20. The normalized spacial score (nSPS) is 17.0. The molecular formula is C21H17NO5. The van der Waals surface area contributed by atoms with Crippen LogP contribution in [0.2, 0.25) is 0 Å². The monoisotopic (exact) mass is 363 g/mol. The number of nitrogens with one attached hydrogen (secondary N) is 1. The van der Waals surface area contributed by atoms with E-state index in [0.29, 0.717) is 24.0 Å². The maximum absolute atomic E-state index is 12.2. The molecule has 6 heteroatoms. The van der Waals surface area contributed by atoms with Gasteiger partial charge in [-0.1, -0.05) is 24.3 Å². The van der Waals surface area contributed by atoms with E-state index in [1.807, 2.05) is 30.3 Å². The molecule has 2 aromatic carbocycles. The van der Waals surface area contributed by atoms with Crippen molar-refractivity contribution in [3.05, 3.63) is 59.9 Å². The van der Waals surface area contributed by atoms with Crippen LogP contribution in [0.5, 0.6) is 0 Å². The lowest BCUT2D eigenvalue weighted by Crippen LogP contribution is -2.39. The second-order valence-electron chi connectivity index (χ2n) is 6.44. The molecule has 1 saturated heterocycles. The third-order valence-corrected chi connectivity index (χ3v) is 4.86. The fourth-order valence-corrected chi connectivity index (χ4v) is 3.50. The zero-order chi connectivity index (χ0) is 19.0. The Morgan fingerprint density at radius 3 is 2.78 bits per heavy atom. The quantitative estimate of drug-likeness (QED) is 0.569. The molecule has 2 amide bonds. The standard InChI is InChI=1S/C21H17NO5/c1-26-21(25)15-5-3-2-4-13(15)12-6-8-18-16(10-12)17(11-27-18)14-7-9-19(23)22-20(14)24/h2-6,8,10-11,14H,7,9H2,1H3,(H,22,23,24). The molecule has 4 rings (SSSR count). The summed E-state index contributed by atoms with van der Waals surface area (Å²) < 4.78 is 10.5. The van der Waals surface area contributed by atoms with Crippen LogP contribution in [0.3, 0.4) is 0 Å². The summed E-state index contributed by atoms with van der Waals surface area (Å²) in [6.45, 7) is 0. The Balaban J connectivity index is 1.81. The van der Waals surface area contributed by atoms with E-state index < -0.39 is 11.9 Å². The highest BCUT2D eigenvalue weighted by atomic mass is 16.5. The van der Waals surface area contributed by atoms with Crippen molar-refractivity contribution >= 4 is 28.8 Å². The number of esters is 1. The molecule has 1 fully saturated rings. The van der Waals surface area contributed by atoms with Crippen LogP contribution in [-0.4, -0.2) is 24.9 Å². The van der Waals surface area contributed by atoms with Gasteiger partial charge in [0.25, 0.3) is 0 Å². The van der Waals surface area contributed by atoms with Crippen LogP contribution in [0.4, 0.5) is 0 Å². The second-order valence-corrected chi connectivity index (χ2v) is 6.44. The van der Waals surface area contributed by atoms with E-state index in [0.717, 1.165) is 22.1 Å². The summed E-state index contributed by atoms with van der Waals surface area (Å²) in [5.74, 6) is -1.41. The van der Waals surface area contributed by atoms with Crippen LogP contribution in [0.15, 0.2) is 53.1 Å². The van der Waals surface area contributed by atoms with Crippen molar-refractivity contribution in [2.24, 2.45) is 0 Å². The smallest absolute Gasteiger partial charge is 0.338 e. The van der Waals surface area contributed by atoms with E-state index >= 15 is 0 Å². The van der Waals surface area contributed by atoms with Crippen LogP contribution in [0, 0.1) is 0 Å². The van der Waals surface area contributed by atoms with Gasteiger partial charge in [0.15, 0.2) is 0 Å². The molecule has 136 valence electrons. The highest BCUT2D eigenvalue weighted by molar-refractivity contribution is 6.03. The first-order valence-corrected chi connectivity index (χ1v) is 8.61. The predicted octanol–water partition coefficient (Wildman–Crippen LogP) is 3.41. The molecule has 0 saturated carbocycles. The number of imide groups is 1. The Morgan fingerprint density at radius 1 is 1.19 bits per heavy atom. The van der Waals surface area contributed by atoms with Gasteiger partial charge < -0.3 is 9.15 Å². The molecule has 1 aliphatic heterocycles. The summed E-state index contributed by atoms with van der Waals surface area (Å²) in [5, 5.41) is 3.17. The van der Waals surface area contributed by atoms with E-state index in [4.69, 9.17) is 9.15 Å². The van der Waals surface area contributed by atoms with Crippen LogP contribution in [0.25, 0.3) is 22.1 Å². The Bertz CT molecular complexity index is 1070. The Kier molecular flexibility index (Phi) is 4.24. The number of fused-ring (bicyclic) bond motifs is 1. The molecular weight excluding hydrogens is 346 g/mol. The van der Waals surface area contributed by atoms with Gasteiger partial charge in [0.1, 0.15) is 5.58 Å². The highest BCUT2D eigenvalue weighted by Crippen LogP contribution is 2.35. The first-order valence-electron chi connectivity index (χ1n) is 8.61. The van der Waals surface area contributed by atoms with Gasteiger partial charge in [-0.25, -0.2) is 4.79 Å². The van der Waals surface area contributed by atoms with Gasteiger partial charge in [0, 0.05) is 17.4 Å². The molecule has 3 aromatic rings. The fourth-order valence-electron chi connectivity index (χ4n) is 3.50. The number of ether oxygens (including phenoxy) is 1. The largest absolute Gasteiger partial charge is 0.465 e. The number of rotatable bonds is 3. The molecule has 0 spiro atoms. The molecule has 27 heavy (non-hydrogen) atoms. The van der Waals surface area contributed by atoms with E-state index in [1.54, 1.807) is 18.4 Å². The summed E-state index contributed by atoms with van der Waals surface area (Å²) in [4.78, 5) is 35.8. The number of furan rings is 1. The molecule has 0 radical (unpaired) electrons. The highest BCUT2D eigenvalue weighted by Gasteiger charge is 2.30. The topological polar surface area (TPSA) is 85.6 Å². The average Bonchev–Trinajstić information content (AvgIpc) is 3.10. The number of amides is 2. The molecule has 1 aromatic heterocycles. The fraction of sp³-hybridized carbons (Fsp3) is 0.190. The van der Waals surface area contributed by atoms with Gasteiger partial charge in [0.05, 0.1) is 24.9 Å². The lowest BCUT2D eigenvalue weighted by atomic mass is 9.89. The van der Waals surface area contributed by atoms with E-state index in [9.17, 15) is 14.4 Å². The van der Waals surface area contributed by atoms with Crippen molar-refractivity contribution in [3.63, 3.8) is 0 Å². The van der Waals surface area contributed by atoms with Gasteiger partial charge in [0.2, 0.25) is 11.8 Å². The molecule has 2 heterocycles. The van der Waals surface area contributed by atoms with E-state index in [1.165, 1.54) is 7.11 Å². The van der Waals surface area contributed by atoms with E-state index in [2.05, 4.69) is 5.32 Å². The second kappa shape index (κ2) is 6.72. The van der Waals surface area contributed by atoms with Gasteiger partial charge >= 0.3 is 5.97 Å². The first kappa shape index (κ1) is 17.0. The molecule has 0 bridgehead atoms. The number of benzene rings is 2. The lowest BCUT2D eigenvalue weighted by molar-refractivity contribution is -0.134. The summed E-state index contributed by atoms with van der Waals surface area (Å²) in [6, 6.07) is 12.8. The van der Waals surface area contributed by atoms with Gasteiger partial charge in [-0.15, -0.1) is 0 Å². The van der Waals surface area contributed by atoms with Crippen molar-refractivity contribution in [2.75, 3.05) is 7.11 Å². The van der Waals surface area contributed by atoms with Gasteiger partial charge in [-0.05, 0) is 35.7 Å². The Labute approximate surface area is 155 Å². The third-order valence-electron chi connectivity index (χ3n) is 4.86. The maximum atomic E-state index is 12.2. The minimum atomic E-state index is -0.435. The van der Waals surface area contributed by atoms with Crippen LogP contribution in [0.1, 0.15) is 34.7 Å². The Morgan fingerprint density at radius 2 is 2.00 bits per heavy atom. The summed E-state index contributed by atoms with van der Waals surface area (Å²) in [5.41, 5.74) is 3.41. The third kappa shape index (κ3) is 2.99. The number of hydrogen-bond acceptors (Lipinski definition) is 5. The van der Waals surface area contributed by atoms with E-state index in [-0.39, 0.29) is 11.8 Å². The Hall–Kier alpha value is -3.41. The van der Waals surface area contributed by atoms with Crippen molar-refractivity contribution in [2.45, 2.75) is 18.8 Å². The zero-order valence-electron chi connectivity index (χ0n) is 14.7. The molecule has 0 aliphatic carbocycles. The number of methoxy groups -OCH3 is 1. The SMILES string of the molecule is COC(=O)c1ccccc1-c1ccc2occ(C3CCC(=O)NC3=O)c2c1. The summed E-state index contributed by atoms with van der Waals surface area (Å²) in [7, 11) is 1.35. The predicted molar refractivity (Wildman–Crippen MR) is 98.1 cm³/mol. The van der Waals surface area contributed by atoms with Crippen molar-refractivity contribution in [1.82, 2.24) is 5.32 Å². The number of hydrogen-bond donors (Lipinski definition) is 1. The summed E-state index contributed by atoms with van der Waals surface area (Å²) >= 11 is 0. The first-order chi connectivity index (χ1) is 13.1. The van der Waals surface area contributed by atoms with Gasteiger partial charge in [-0.2, -0.15) is 0 Å². The molecule has 1 N–H and O–H groups in total. The van der Waals surface area contributed by atoms with Crippen molar-refractivity contribution < 1.29 is 23.5 Å². The van der Waals surface area contributed by atoms with Crippen molar-refractivity contribution in [1.29, 1.82) is 0 Å². The minimum Gasteiger partial charge on any atom is -0.465 e. The summed E-state index contributed by atoms with van der Waals surface area (Å²) in [6.07, 6.45) is 2.32. The van der Waals surface area contributed by atoms with Crippen LogP contribution < -0.4 is 5.32 Å².